The molecule has 0 spiro atoms. The number of halogens is 1. The van der Waals surface area contributed by atoms with Crippen LogP contribution < -0.4 is 10.6 Å². The molecule has 2 N–H and O–H groups in total. The van der Waals surface area contributed by atoms with Crippen LogP contribution >= 0.6 is 11.6 Å². The zero-order valence-electron chi connectivity index (χ0n) is 27.9. The molecule has 0 aliphatic heterocycles. The predicted octanol–water partition coefficient (Wildman–Crippen LogP) is 8.54. The van der Waals surface area contributed by atoms with Gasteiger partial charge in [-0.05, 0) is 101 Å². The summed E-state index contributed by atoms with van der Waals surface area (Å²) in [5.74, 6) is -0.500. The third-order valence-electron chi connectivity index (χ3n) is 7.98. The maximum absolute atomic E-state index is 14.8. The monoisotopic (exact) mass is 613 g/mol. The number of nitrogens with zero attached hydrogens (tertiary/aromatic N) is 1. The van der Waals surface area contributed by atoms with Gasteiger partial charge < -0.3 is 20.3 Å². The SMILES string of the molecule is CCC(C)C(NC(=O)OC(C)(C)C)C(=O)N(C(C)CCC(C)C)C(C(=O)Nc1c(C)cccc1Cl)c1cccc(C)c1C. The summed E-state index contributed by atoms with van der Waals surface area (Å²) in [6.07, 6.45) is 1.52. The Balaban J connectivity index is 2.76. The fourth-order valence-corrected chi connectivity index (χ4v) is 5.33. The van der Waals surface area contributed by atoms with Crippen LogP contribution in [0.2, 0.25) is 5.02 Å². The van der Waals surface area contributed by atoms with E-state index < -0.39 is 23.8 Å². The molecule has 0 aliphatic rings. The number of nitrogens with one attached hydrogen (secondary N) is 2. The number of alkyl carbamates (subject to hydrolysis) is 1. The summed E-state index contributed by atoms with van der Waals surface area (Å²) in [7, 11) is 0. The Bertz CT molecular complexity index is 1250. The number of benzene rings is 2. The van der Waals surface area contributed by atoms with Gasteiger partial charge in [0.25, 0.3) is 5.91 Å². The third-order valence-corrected chi connectivity index (χ3v) is 8.30. The molecule has 2 aromatic carbocycles. The van der Waals surface area contributed by atoms with Gasteiger partial charge in [0, 0.05) is 6.04 Å². The summed E-state index contributed by atoms with van der Waals surface area (Å²) < 4.78 is 5.55. The molecular weight excluding hydrogens is 562 g/mol. The van der Waals surface area contributed by atoms with Crippen molar-refractivity contribution in [2.45, 2.75) is 119 Å². The number of rotatable bonds is 12. The summed E-state index contributed by atoms with van der Waals surface area (Å²) in [6.45, 7) is 21.4. The first-order chi connectivity index (χ1) is 20.0. The Kier molecular flexibility index (Phi) is 13.1. The molecule has 238 valence electrons. The van der Waals surface area contributed by atoms with Crippen molar-refractivity contribution >= 4 is 35.2 Å². The molecule has 0 aromatic heterocycles. The minimum atomic E-state index is -0.975. The van der Waals surface area contributed by atoms with Gasteiger partial charge in [-0.15, -0.1) is 0 Å². The van der Waals surface area contributed by atoms with Gasteiger partial charge in [-0.1, -0.05) is 76.0 Å². The van der Waals surface area contributed by atoms with Gasteiger partial charge in [0.1, 0.15) is 17.7 Å². The number of ether oxygens (including phenoxy) is 1. The molecule has 3 amide bonds. The van der Waals surface area contributed by atoms with Crippen LogP contribution in [0.15, 0.2) is 36.4 Å². The molecule has 43 heavy (non-hydrogen) atoms. The van der Waals surface area contributed by atoms with Crippen molar-refractivity contribution in [3.05, 3.63) is 63.7 Å². The number of amides is 3. The molecular formula is C35H52ClN3O4. The molecule has 0 radical (unpaired) electrons. The largest absolute Gasteiger partial charge is 0.444 e. The molecule has 0 fully saturated rings. The number of para-hydroxylation sites is 1. The maximum atomic E-state index is 14.8. The highest BCUT2D eigenvalue weighted by molar-refractivity contribution is 6.34. The second kappa shape index (κ2) is 15.6. The van der Waals surface area contributed by atoms with E-state index in [4.69, 9.17) is 16.3 Å². The van der Waals surface area contributed by atoms with Gasteiger partial charge in [0.2, 0.25) is 5.91 Å². The summed E-state index contributed by atoms with van der Waals surface area (Å²) in [5, 5.41) is 6.33. The lowest BCUT2D eigenvalue weighted by Gasteiger charge is -2.40. The van der Waals surface area contributed by atoms with Crippen LogP contribution in [0.1, 0.15) is 103 Å². The van der Waals surface area contributed by atoms with Crippen LogP contribution in [0.25, 0.3) is 0 Å². The van der Waals surface area contributed by atoms with Crippen molar-refractivity contribution < 1.29 is 19.1 Å². The predicted molar refractivity (Wildman–Crippen MR) is 176 cm³/mol. The quantitative estimate of drug-likeness (QED) is 0.251. The Hall–Kier alpha value is -3.06. The highest BCUT2D eigenvalue weighted by atomic mass is 35.5. The number of aryl methyl sites for hydroxylation is 2. The lowest BCUT2D eigenvalue weighted by molar-refractivity contribution is -0.144. The lowest BCUT2D eigenvalue weighted by Crippen LogP contribution is -2.57. The van der Waals surface area contributed by atoms with E-state index in [0.29, 0.717) is 29.5 Å². The molecule has 4 atom stereocenters. The molecule has 0 bridgehead atoms. The first-order valence-electron chi connectivity index (χ1n) is 15.4. The lowest BCUT2D eigenvalue weighted by atomic mass is 9.90. The standard InChI is InChI=1S/C35H52ClN3O4/c1-12-22(4)30(38-34(42)43-35(9,10)11)33(41)39(25(7)20-19-21(2)3)31(27-17-13-15-23(5)26(27)8)32(40)37-29-24(6)16-14-18-28(29)36/h13-18,21-22,25,30-31H,12,19-20H2,1-11H3,(H,37,40)(H,38,42). The van der Waals surface area contributed by atoms with Crippen molar-refractivity contribution in [2.75, 3.05) is 5.32 Å². The smallest absolute Gasteiger partial charge is 0.408 e. The molecule has 7 nitrogen and oxygen atoms in total. The Morgan fingerprint density at radius 2 is 1.53 bits per heavy atom. The van der Waals surface area contributed by atoms with Crippen LogP contribution in [0.3, 0.4) is 0 Å². The number of carbonyl (C=O) groups excluding carboxylic acids is 3. The van der Waals surface area contributed by atoms with Crippen LogP contribution in [-0.2, 0) is 14.3 Å². The fraction of sp³-hybridized carbons (Fsp3) is 0.571. The van der Waals surface area contributed by atoms with E-state index >= 15 is 0 Å². The number of hydrogen-bond donors (Lipinski definition) is 2. The highest BCUT2D eigenvalue weighted by Crippen LogP contribution is 2.34. The van der Waals surface area contributed by atoms with Crippen molar-refractivity contribution in [2.24, 2.45) is 11.8 Å². The summed E-state index contributed by atoms with van der Waals surface area (Å²) >= 11 is 6.53. The van der Waals surface area contributed by atoms with Crippen LogP contribution in [0.4, 0.5) is 10.5 Å². The minimum Gasteiger partial charge on any atom is -0.444 e. The Morgan fingerprint density at radius 3 is 2.09 bits per heavy atom. The van der Waals surface area contributed by atoms with Crippen LogP contribution in [-0.4, -0.2) is 40.5 Å². The van der Waals surface area contributed by atoms with E-state index in [9.17, 15) is 14.4 Å². The van der Waals surface area contributed by atoms with Gasteiger partial charge in [-0.2, -0.15) is 0 Å². The van der Waals surface area contributed by atoms with Crippen molar-refractivity contribution in [3.8, 4) is 0 Å². The summed E-state index contributed by atoms with van der Waals surface area (Å²) in [5.41, 5.74) is 3.26. The second-order valence-electron chi connectivity index (χ2n) is 13.2. The van der Waals surface area contributed by atoms with Crippen molar-refractivity contribution in [1.82, 2.24) is 10.2 Å². The van der Waals surface area contributed by atoms with E-state index in [2.05, 4.69) is 24.5 Å². The number of carbonyl (C=O) groups is 3. The van der Waals surface area contributed by atoms with Gasteiger partial charge in [-0.25, -0.2) is 4.79 Å². The topological polar surface area (TPSA) is 87.7 Å². The second-order valence-corrected chi connectivity index (χ2v) is 13.6. The third kappa shape index (κ3) is 9.99. The van der Waals surface area contributed by atoms with Crippen LogP contribution in [0, 0.1) is 32.6 Å². The van der Waals surface area contributed by atoms with Crippen molar-refractivity contribution in [1.29, 1.82) is 0 Å². The summed E-state index contributed by atoms with van der Waals surface area (Å²) in [6, 6.07) is 9.06. The molecule has 0 saturated heterocycles. The minimum absolute atomic E-state index is 0.215. The molecule has 2 aromatic rings. The maximum Gasteiger partial charge on any atom is 0.408 e. The van der Waals surface area contributed by atoms with Crippen LogP contribution in [0.5, 0.6) is 0 Å². The highest BCUT2D eigenvalue weighted by Gasteiger charge is 2.41. The average molecular weight is 614 g/mol. The van der Waals surface area contributed by atoms with E-state index in [-0.39, 0.29) is 23.8 Å². The molecule has 0 aliphatic carbocycles. The first kappa shape index (κ1) is 36.1. The average Bonchev–Trinajstić information content (AvgIpc) is 2.91. The molecule has 0 saturated carbocycles. The van der Waals surface area contributed by atoms with E-state index in [0.717, 1.165) is 28.7 Å². The van der Waals surface area contributed by atoms with E-state index in [1.807, 2.05) is 71.9 Å². The first-order valence-corrected chi connectivity index (χ1v) is 15.8. The zero-order valence-corrected chi connectivity index (χ0v) is 28.7. The van der Waals surface area contributed by atoms with Crippen molar-refractivity contribution in [3.63, 3.8) is 0 Å². The zero-order chi connectivity index (χ0) is 32.6. The molecule has 2 rings (SSSR count). The number of hydrogen-bond acceptors (Lipinski definition) is 4. The van der Waals surface area contributed by atoms with E-state index in [1.54, 1.807) is 31.7 Å². The van der Waals surface area contributed by atoms with E-state index in [1.165, 1.54) is 0 Å². The molecule has 8 heteroatoms. The normalized spacial score (nSPS) is 14.4. The number of anilines is 1. The summed E-state index contributed by atoms with van der Waals surface area (Å²) in [4.78, 5) is 43.9. The molecule has 4 unspecified atom stereocenters. The van der Waals surface area contributed by atoms with Gasteiger partial charge in [0.15, 0.2) is 0 Å². The van der Waals surface area contributed by atoms with Gasteiger partial charge >= 0.3 is 6.09 Å². The van der Waals surface area contributed by atoms with Gasteiger partial charge in [0.05, 0.1) is 10.7 Å². The molecule has 0 heterocycles. The van der Waals surface area contributed by atoms with Gasteiger partial charge in [-0.3, -0.25) is 9.59 Å². The fourth-order valence-electron chi connectivity index (χ4n) is 5.06. The Morgan fingerprint density at radius 1 is 0.930 bits per heavy atom. The Labute approximate surface area is 264 Å².